The Balaban J connectivity index is 1.19. The number of fused-ring (bicyclic) bond motifs is 3. The van der Waals surface area contributed by atoms with Crippen LogP contribution in [-0.4, -0.2) is 56.6 Å². The molecule has 0 bridgehead atoms. The molecule has 2 saturated carbocycles. The molecule has 1 amide bonds. The van der Waals surface area contributed by atoms with Crippen molar-refractivity contribution in [1.82, 2.24) is 10.3 Å². The monoisotopic (exact) mass is 564 g/mol. The van der Waals surface area contributed by atoms with Crippen LogP contribution in [0.2, 0.25) is 0 Å². The molecule has 11 heteroatoms. The largest absolute Gasteiger partial charge is 0.341 e. The summed E-state index contributed by atoms with van der Waals surface area (Å²) in [7, 11) is -4.01. The molecular formula is C28H40N2O8S. The minimum Gasteiger partial charge on any atom is -0.341 e. The van der Waals surface area contributed by atoms with Crippen LogP contribution in [0.4, 0.5) is 0 Å². The van der Waals surface area contributed by atoms with E-state index < -0.39 is 58.2 Å². The summed E-state index contributed by atoms with van der Waals surface area (Å²) < 4.78 is 57.9. The highest BCUT2D eigenvalue weighted by molar-refractivity contribution is 7.89. The lowest BCUT2D eigenvalue weighted by molar-refractivity contribution is -0.247. The van der Waals surface area contributed by atoms with Crippen molar-refractivity contribution in [2.75, 3.05) is 0 Å². The Kier molecular flexibility index (Phi) is 7.10. The van der Waals surface area contributed by atoms with Gasteiger partial charge in [0.25, 0.3) is 15.9 Å². The average molecular weight is 565 g/mol. The molecule has 5 atom stereocenters. The van der Waals surface area contributed by atoms with E-state index in [4.69, 9.17) is 23.7 Å². The van der Waals surface area contributed by atoms with Gasteiger partial charge in [-0.15, -0.1) is 4.83 Å². The molecule has 0 unspecified atom stereocenters. The lowest BCUT2D eigenvalue weighted by Crippen LogP contribution is -2.61. The smallest absolute Gasteiger partial charge is 0.267 e. The van der Waals surface area contributed by atoms with Gasteiger partial charge < -0.3 is 23.7 Å². The molecule has 0 radical (unpaired) electrons. The first-order valence-corrected chi connectivity index (χ1v) is 15.8. The molecule has 10 nitrogen and oxygen atoms in total. The fraction of sp³-hybridized carbons (Fsp3) is 0.750. The molecule has 5 fully saturated rings. The van der Waals surface area contributed by atoms with E-state index >= 15 is 0 Å². The lowest BCUT2D eigenvalue weighted by Gasteiger charge is -2.36. The summed E-state index contributed by atoms with van der Waals surface area (Å²) in [5, 5.41) is 0. The second kappa shape index (κ2) is 10.0. The minimum absolute atomic E-state index is 0.0478. The van der Waals surface area contributed by atoms with Crippen LogP contribution in [0.15, 0.2) is 29.2 Å². The van der Waals surface area contributed by atoms with Crippen molar-refractivity contribution in [3.8, 4) is 0 Å². The third-order valence-corrected chi connectivity index (χ3v) is 9.97. The van der Waals surface area contributed by atoms with E-state index in [0.717, 1.165) is 69.8 Å². The molecule has 216 valence electrons. The maximum atomic E-state index is 13.4. The fourth-order valence-corrected chi connectivity index (χ4v) is 7.40. The fourth-order valence-electron chi connectivity index (χ4n) is 6.55. The quantitative estimate of drug-likeness (QED) is 0.533. The molecule has 2 aliphatic carbocycles. The minimum atomic E-state index is -4.01. The highest BCUT2D eigenvalue weighted by Crippen LogP contribution is 2.50. The van der Waals surface area contributed by atoms with Gasteiger partial charge in [-0.05, 0) is 48.8 Å². The van der Waals surface area contributed by atoms with E-state index in [1.165, 1.54) is 12.1 Å². The van der Waals surface area contributed by atoms with Gasteiger partial charge in [0.05, 0.1) is 4.90 Å². The van der Waals surface area contributed by atoms with Gasteiger partial charge >= 0.3 is 0 Å². The number of hydrazine groups is 1. The highest BCUT2D eigenvalue weighted by Gasteiger charge is 2.65. The molecule has 39 heavy (non-hydrogen) atoms. The van der Waals surface area contributed by atoms with E-state index in [2.05, 4.69) is 31.0 Å². The zero-order valence-electron chi connectivity index (χ0n) is 22.9. The first-order valence-electron chi connectivity index (χ1n) is 14.3. The summed E-state index contributed by atoms with van der Waals surface area (Å²) in [4.78, 5) is 15.7. The summed E-state index contributed by atoms with van der Waals surface area (Å²) in [5.74, 6) is -2.19. The predicted molar refractivity (Wildman–Crippen MR) is 140 cm³/mol. The molecular weight excluding hydrogens is 524 g/mol. The number of benzene rings is 1. The van der Waals surface area contributed by atoms with Gasteiger partial charge in [0.15, 0.2) is 24.0 Å². The summed E-state index contributed by atoms with van der Waals surface area (Å²) in [5.41, 5.74) is 3.25. The van der Waals surface area contributed by atoms with Crippen LogP contribution >= 0.6 is 0 Å². The van der Waals surface area contributed by atoms with Crippen molar-refractivity contribution in [2.24, 2.45) is 0 Å². The Bertz CT molecular complexity index is 1170. The standard InChI is InChI=1S/C28H40N2O8S/c1-26(2,3)18-10-12-19(13-11-18)39(32,33)30-29-24(31)22-20-21(36-27(35-20)14-6-4-7-15-27)23-25(34-22)38-28(37-23)16-8-5-9-17-28/h10-13,20-23,25,30H,4-9,14-17H2,1-3H3,(H,29,31)/t20-,21-,22-,23-,25-/m1/s1. The number of ether oxygens (including phenoxy) is 5. The van der Waals surface area contributed by atoms with Crippen molar-refractivity contribution in [3.63, 3.8) is 0 Å². The molecule has 5 aliphatic rings. The number of hydrogen-bond donors (Lipinski definition) is 2. The van der Waals surface area contributed by atoms with E-state index in [9.17, 15) is 13.2 Å². The molecule has 3 heterocycles. The predicted octanol–water partition coefficient (Wildman–Crippen LogP) is 3.54. The van der Waals surface area contributed by atoms with Crippen molar-refractivity contribution >= 4 is 15.9 Å². The summed E-state index contributed by atoms with van der Waals surface area (Å²) in [6.45, 7) is 6.16. The number of sulfonamides is 1. The molecule has 3 aliphatic heterocycles. The maximum Gasteiger partial charge on any atom is 0.267 e. The molecule has 2 spiro atoms. The van der Waals surface area contributed by atoms with Crippen molar-refractivity contribution < 1.29 is 36.9 Å². The number of carbonyl (C=O) groups excluding carboxylic acids is 1. The number of rotatable bonds is 4. The molecule has 6 rings (SSSR count). The molecule has 3 saturated heterocycles. The van der Waals surface area contributed by atoms with Gasteiger partial charge in [0.1, 0.15) is 18.3 Å². The number of nitrogens with one attached hydrogen (secondary N) is 2. The van der Waals surface area contributed by atoms with Gasteiger partial charge in [-0.2, -0.15) is 0 Å². The van der Waals surface area contributed by atoms with Crippen LogP contribution in [0.1, 0.15) is 90.5 Å². The normalized spacial score (nSPS) is 33.6. The van der Waals surface area contributed by atoms with Gasteiger partial charge in [0, 0.05) is 25.7 Å². The van der Waals surface area contributed by atoms with Gasteiger partial charge in [-0.3, -0.25) is 10.2 Å². The van der Waals surface area contributed by atoms with Crippen LogP contribution in [0, 0.1) is 0 Å². The van der Waals surface area contributed by atoms with Crippen molar-refractivity contribution in [3.05, 3.63) is 29.8 Å². The van der Waals surface area contributed by atoms with Crippen LogP contribution in [-0.2, 0) is 43.9 Å². The average Bonchev–Trinajstić information content (AvgIpc) is 3.45. The Hall–Kier alpha value is -1.60. The van der Waals surface area contributed by atoms with Crippen LogP contribution in [0.5, 0.6) is 0 Å². The summed E-state index contributed by atoms with van der Waals surface area (Å²) >= 11 is 0. The first-order chi connectivity index (χ1) is 18.5. The van der Waals surface area contributed by atoms with Crippen LogP contribution < -0.4 is 10.3 Å². The Morgan fingerprint density at radius 2 is 1.33 bits per heavy atom. The summed E-state index contributed by atoms with van der Waals surface area (Å²) in [6, 6.07) is 6.61. The maximum absolute atomic E-state index is 13.4. The van der Waals surface area contributed by atoms with E-state index in [-0.39, 0.29) is 10.3 Å². The van der Waals surface area contributed by atoms with Gasteiger partial charge in [-0.1, -0.05) is 45.7 Å². The Morgan fingerprint density at radius 3 is 1.92 bits per heavy atom. The zero-order chi connectivity index (χ0) is 27.5. The first kappa shape index (κ1) is 27.6. The second-order valence-electron chi connectivity index (χ2n) is 12.6. The van der Waals surface area contributed by atoms with E-state index in [1.54, 1.807) is 12.1 Å². The third kappa shape index (κ3) is 5.27. The van der Waals surface area contributed by atoms with Gasteiger partial charge in [-0.25, -0.2) is 8.42 Å². The second-order valence-corrected chi connectivity index (χ2v) is 14.3. The number of carbonyl (C=O) groups is 1. The van der Waals surface area contributed by atoms with E-state index in [0.29, 0.717) is 0 Å². The molecule has 1 aromatic carbocycles. The Labute approximate surface area is 230 Å². The lowest BCUT2D eigenvalue weighted by atomic mass is 9.87. The van der Waals surface area contributed by atoms with Crippen molar-refractivity contribution in [2.45, 2.75) is 138 Å². The third-order valence-electron chi connectivity index (χ3n) is 8.71. The molecule has 1 aromatic rings. The SMILES string of the molecule is CC(C)(C)c1ccc(S(=O)(=O)NNC(=O)[C@@H]2O[C@@H]3OC4(CCCCC4)O[C@@H]3[C@@H]3OC4(CCCCC4)O[C@H]32)cc1. The van der Waals surface area contributed by atoms with Gasteiger partial charge in [0.2, 0.25) is 0 Å². The molecule has 2 N–H and O–H groups in total. The summed E-state index contributed by atoms with van der Waals surface area (Å²) in [6.07, 6.45) is 5.41. The number of amides is 1. The topological polar surface area (TPSA) is 121 Å². The van der Waals surface area contributed by atoms with Crippen molar-refractivity contribution in [1.29, 1.82) is 0 Å². The van der Waals surface area contributed by atoms with Crippen LogP contribution in [0.25, 0.3) is 0 Å². The number of hydrogen-bond acceptors (Lipinski definition) is 8. The van der Waals surface area contributed by atoms with Crippen LogP contribution in [0.3, 0.4) is 0 Å². The Morgan fingerprint density at radius 1 is 0.795 bits per heavy atom. The molecule has 0 aromatic heterocycles. The zero-order valence-corrected chi connectivity index (χ0v) is 23.8. The van der Waals surface area contributed by atoms with E-state index in [1.807, 2.05) is 0 Å². The highest BCUT2D eigenvalue weighted by atomic mass is 32.2.